The van der Waals surface area contributed by atoms with Crippen LogP contribution >= 0.6 is 0 Å². The highest BCUT2D eigenvalue weighted by molar-refractivity contribution is 5.95. The molecular weight excluding hydrogens is 254 g/mol. The first kappa shape index (κ1) is 13.9. The first-order chi connectivity index (χ1) is 9.52. The Bertz CT molecular complexity index is 649. The van der Waals surface area contributed by atoms with Crippen molar-refractivity contribution < 1.29 is 9.94 Å². The zero-order chi connectivity index (χ0) is 14.7. The van der Waals surface area contributed by atoms with E-state index in [9.17, 15) is 0 Å². The molecule has 5 nitrogen and oxygen atoms in total. The summed E-state index contributed by atoms with van der Waals surface area (Å²) in [6, 6.07) is 7.47. The predicted molar refractivity (Wildman–Crippen MR) is 77.5 cm³/mol. The molecule has 3 N–H and O–H groups in total. The second-order valence-corrected chi connectivity index (χ2v) is 4.62. The van der Waals surface area contributed by atoms with E-state index in [1.54, 1.807) is 18.3 Å². The standard InChI is InChI=1S/C15H17N3O2/c1-9-4-5-10(2)14(11(9)3)20-12-6-7-13(17-8-12)15(16)18-19/h4-8,19H,1-3H3,(H2,16,18). The molecule has 1 aromatic carbocycles. The lowest BCUT2D eigenvalue weighted by molar-refractivity contribution is 0.318. The number of amidine groups is 1. The summed E-state index contributed by atoms with van der Waals surface area (Å²) in [6.07, 6.45) is 1.55. The number of pyridine rings is 1. The van der Waals surface area contributed by atoms with E-state index in [2.05, 4.69) is 16.2 Å². The van der Waals surface area contributed by atoms with Crippen molar-refractivity contribution in [3.05, 3.63) is 52.8 Å². The van der Waals surface area contributed by atoms with E-state index in [1.165, 1.54) is 5.56 Å². The number of oxime groups is 1. The van der Waals surface area contributed by atoms with E-state index in [-0.39, 0.29) is 5.84 Å². The van der Waals surface area contributed by atoms with E-state index in [4.69, 9.17) is 15.7 Å². The fourth-order valence-corrected chi connectivity index (χ4v) is 1.84. The Kier molecular flexibility index (Phi) is 3.89. The first-order valence-electron chi connectivity index (χ1n) is 6.21. The van der Waals surface area contributed by atoms with Crippen LogP contribution in [0.1, 0.15) is 22.4 Å². The van der Waals surface area contributed by atoms with Crippen molar-refractivity contribution in [3.63, 3.8) is 0 Å². The number of aromatic nitrogens is 1. The Morgan fingerprint density at radius 2 is 1.85 bits per heavy atom. The largest absolute Gasteiger partial charge is 0.455 e. The second kappa shape index (κ2) is 5.61. The van der Waals surface area contributed by atoms with E-state index < -0.39 is 0 Å². The van der Waals surface area contributed by atoms with Crippen molar-refractivity contribution in [1.29, 1.82) is 0 Å². The summed E-state index contributed by atoms with van der Waals surface area (Å²) in [5.41, 5.74) is 9.20. The van der Waals surface area contributed by atoms with E-state index in [0.717, 1.165) is 16.9 Å². The van der Waals surface area contributed by atoms with Crippen LogP contribution in [-0.4, -0.2) is 16.0 Å². The maximum Gasteiger partial charge on any atom is 0.188 e. The number of nitrogens with two attached hydrogens (primary N) is 1. The quantitative estimate of drug-likeness (QED) is 0.389. The van der Waals surface area contributed by atoms with Gasteiger partial charge in [-0.1, -0.05) is 17.3 Å². The van der Waals surface area contributed by atoms with Crippen molar-refractivity contribution in [2.75, 3.05) is 0 Å². The molecule has 2 aromatic rings. The maximum absolute atomic E-state index is 8.59. The first-order valence-corrected chi connectivity index (χ1v) is 6.21. The lowest BCUT2D eigenvalue weighted by Gasteiger charge is -2.13. The Balaban J connectivity index is 2.29. The molecule has 0 aliphatic carbocycles. The van der Waals surface area contributed by atoms with E-state index in [1.807, 2.05) is 26.8 Å². The molecule has 0 radical (unpaired) electrons. The summed E-state index contributed by atoms with van der Waals surface area (Å²) in [7, 11) is 0. The van der Waals surface area contributed by atoms with Gasteiger partial charge in [-0.3, -0.25) is 0 Å². The van der Waals surface area contributed by atoms with Crippen molar-refractivity contribution >= 4 is 5.84 Å². The molecular formula is C15H17N3O2. The van der Waals surface area contributed by atoms with Gasteiger partial charge in [0.1, 0.15) is 17.2 Å². The van der Waals surface area contributed by atoms with Crippen LogP contribution in [-0.2, 0) is 0 Å². The third kappa shape index (κ3) is 2.71. The lowest BCUT2D eigenvalue weighted by atomic mass is 10.1. The van der Waals surface area contributed by atoms with Gasteiger partial charge < -0.3 is 15.7 Å². The van der Waals surface area contributed by atoms with E-state index >= 15 is 0 Å². The minimum atomic E-state index is -0.0283. The molecule has 0 fully saturated rings. The van der Waals surface area contributed by atoms with Gasteiger partial charge in [0.2, 0.25) is 0 Å². The van der Waals surface area contributed by atoms with Crippen LogP contribution in [0.2, 0.25) is 0 Å². The molecule has 0 unspecified atom stereocenters. The highest BCUT2D eigenvalue weighted by atomic mass is 16.5. The molecule has 104 valence electrons. The van der Waals surface area contributed by atoms with E-state index in [0.29, 0.717) is 11.4 Å². The average molecular weight is 271 g/mol. The Labute approximate surface area is 117 Å². The molecule has 1 heterocycles. The molecule has 0 aliphatic rings. The third-order valence-electron chi connectivity index (χ3n) is 3.20. The van der Waals surface area contributed by atoms with Gasteiger partial charge in [-0.15, -0.1) is 0 Å². The number of hydrogen-bond donors (Lipinski definition) is 2. The maximum atomic E-state index is 8.59. The molecule has 0 saturated heterocycles. The summed E-state index contributed by atoms with van der Waals surface area (Å²) in [4.78, 5) is 4.09. The third-order valence-corrected chi connectivity index (χ3v) is 3.20. The van der Waals surface area contributed by atoms with Crippen LogP contribution in [0.15, 0.2) is 35.6 Å². The molecule has 1 aromatic heterocycles. The number of nitrogens with zero attached hydrogens (tertiary/aromatic N) is 2. The average Bonchev–Trinajstić information content (AvgIpc) is 2.47. The van der Waals surface area contributed by atoms with Crippen LogP contribution in [0.3, 0.4) is 0 Å². The molecule has 5 heteroatoms. The van der Waals surface area contributed by atoms with Gasteiger partial charge in [0.25, 0.3) is 0 Å². The fourth-order valence-electron chi connectivity index (χ4n) is 1.84. The highest BCUT2D eigenvalue weighted by Gasteiger charge is 2.08. The van der Waals surface area contributed by atoms with Crippen molar-refractivity contribution in [2.24, 2.45) is 10.9 Å². The Morgan fingerprint density at radius 1 is 1.15 bits per heavy atom. The Morgan fingerprint density at radius 3 is 2.45 bits per heavy atom. The molecule has 0 spiro atoms. The van der Waals surface area contributed by atoms with Crippen LogP contribution in [0, 0.1) is 20.8 Å². The number of ether oxygens (including phenoxy) is 1. The van der Waals surface area contributed by atoms with Crippen LogP contribution in [0.5, 0.6) is 11.5 Å². The SMILES string of the molecule is Cc1ccc(C)c(Oc2ccc(/C(N)=N/O)nc2)c1C. The minimum absolute atomic E-state index is 0.0283. The molecule has 20 heavy (non-hydrogen) atoms. The number of aryl methyl sites for hydroxylation is 2. The number of rotatable bonds is 3. The van der Waals surface area contributed by atoms with Crippen molar-refractivity contribution in [2.45, 2.75) is 20.8 Å². The number of hydrogen-bond acceptors (Lipinski definition) is 4. The van der Waals surface area contributed by atoms with Gasteiger partial charge in [0, 0.05) is 0 Å². The Hall–Kier alpha value is -2.56. The molecule has 0 aliphatic heterocycles. The molecule has 0 saturated carbocycles. The molecule has 0 bridgehead atoms. The van der Waals surface area contributed by atoms with Gasteiger partial charge in [-0.05, 0) is 49.6 Å². The topological polar surface area (TPSA) is 80.7 Å². The van der Waals surface area contributed by atoms with Gasteiger partial charge >= 0.3 is 0 Å². The van der Waals surface area contributed by atoms with Gasteiger partial charge in [0.15, 0.2) is 5.84 Å². The van der Waals surface area contributed by atoms with Crippen molar-refractivity contribution in [1.82, 2.24) is 4.98 Å². The summed E-state index contributed by atoms with van der Waals surface area (Å²) in [6.45, 7) is 6.07. The lowest BCUT2D eigenvalue weighted by Crippen LogP contribution is -2.14. The summed E-state index contributed by atoms with van der Waals surface area (Å²) >= 11 is 0. The monoisotopic (exact) mass is 271 g/mol. The predicted octanol–water partition coefficient (Wildman–Crippen LogP) is 2.89. The van der Waals surface area contributed by atoms with Crippen LogP contribution in [0.4, 0.5) is 0 Å². The summed E-state index contributed by atoms with van der Waals surface area (Å²) < 4.78 is 5.88. The fraction of sp³-hybridized carbons (Fsp3) is 0.200. The molecule has 2 rings (SSSR count). The molecule has 0 amide bonds. The highest BCUT2D eigenvalue weighted by Crippen LogP contribution is 2.30. The summed E-state index contributed by atoms with van der Waals surface area (Å²) in [5, 5.41) is 11.5. The molecule has 0 atom stereocenters. The zero-order valence-corrected chi connectivity index (χ0v) is 11.7. The van der Waals surface area contributed by atoms with Gasteiger partial charge in [-0.25, -0.2) is 4.98 Å². The van der Waals surface area contributed by atoms with Gasteiger partial charge in [-0.2, -0.15) is 0 Å². The second-order valence-electron chi connectivity index (χ2n) is 4.62. The zero-order valence-electron chi connectivity index (χ0n) is 11.7. The van der Waals surface area contributed by atoms with Crippen LogP contribution < -0.4 is 10.5 Å². The smallest absolute Gasteiger partial charge is 0.188 e. The van der Waals surface area contributed by atoms with Gasteiger partial charge in [0.05, 0.1) is 6.20 Å². The van der Waals surface area contributed by atoms with Crippen LogP contribution in [0.25, 0.3) is 0 Å². The van der Waals surface area contributed by atoms with Crippen molar-refractivity contribution in [3.8, 4) is 11.5 Å². The summed E-state index contributed by atoms with van der Waals surface area (Å²) in [5.74, 6) is 1.42. The minimum Gasteiger partial charge on any atom is -0.455 e. The normalized spacial score (nSPS) is 11.4. The number of benzene rings is 1.